The highest BCUT2D eigenvalue weighted by Crippen LogP contribution is 2.51. The molecule has 1 aliphatic carbocycles. The number of carbonyl (C=O) groups excluding carboxylic acids is 2. The van der Waals surface area contributed by atoms with Crippen LogP contribution in [0, 0.1) is 0 Å². The molecule has 2 heterocycles. The van der Waals surface area contributed by atoms with Crippen molar-refractivity contribution in [2.75, 3.05) is 26.3 Å². The number of benzene rings is 1. The monoisotopic (exact) mass is 416 g/mol. The topological polar surface area (TPSA) is 77.1 Å². The zero-order valence-corrected chi connectivity index (χ0v) is 18.4. The highest BCUT2D eigenvalue weighted by Gasteiger charge is 2.46. The average molecular weight is 417 g/mol. The van der Waals surface area contributed by atoms with E-state index in [4.69, 9.17) is 14.2 Å². The molecule has 1 spiro atoms. The molecule has 0 radical (unpaired) electrons. The third-order valence-electron chi connectivity index (χ3n) is 6.34. The Balaban J connectivity index is 1.58. The van der Waals surface area contributed by atoms with Crippen LogP contribution in [0.3, 0.4) is 0 Å². The fourth-order valence-electron chi connectivity index (χ4n) is 4.97. The van der Waals surface area contributed by atoms with E-state index in [1.165, 1.54) is 5.56 Å². The van der Waals surface area contributed by atoms with E-state index in [1.54, 1.807) is 20.8 Å². The Labute approximate surface area is 178 Å². The van der Waals surface area contributed by atoms with Gasteiger partial charge in [-0.05, 0) is 63.8 Å². The number of nitrogens with zero attached hydrogens (tertiary/aromatic N) is 1. The Morgan fingerprint density at radius 1 is 1.17 bits per heavy atom. The number of carbonyl (C=O) groups is 2. The van der Waals surface area contributed by atoms with Crippen molar-refractivity contribution in [3.63, 3.8) is 0 Å². The lowest BCUT2D eigenvalue weighted by atomic mass is 9.71. The minimum atomic E-state index is -0.598. The maximum absolute atomic E-state index is 13.1. The zero-order valence-electron chi connectivity index (χ0n) is 18.4. The van der Waals surface area contributed by atoms with Gasteiger partial charge in [-0.25, -0.2) is 4.79 Å². The molecule has 1 N–H and O–H groups in total. The highest BCUT2D eigenvalue weighted by atomic mass is 16.6. The summed E-state index contributed by atoms with van der Waals surface area (Å²) in [6, 6.07) is 4.09. The fraction of sp³-hybridized carbons (Fsp3) is 0.652. The molecule has 7 heteroatoms. The number of amides is 2. The van der Waals surface area contributed by atoms with E-state index in [0.29, 0.717) is 19.8 Å². The molecule has 7 nitrogen and oxygen atoms in total. The molecule has 2 amide bonds. The Kier molecular flexibility index (Phi) is 5.32. The lowest BCUT2D eigenvalue weighted by Crippen LogP contribution is -2.51. The zero-order chi connectivity index (χ0) is 21.5. The Morgan fingerprint density at radius 2 is 1.80 bits per heavy atom. The van der Waals surface area contributed by atoms with Crippen LogP contribution >= 0.6 is 0 Å². The number of nitrogens with one attached hydrogen (secondary N) is 1. The first-order chi connectivity index (χ1) is 14.2. The normalized spacial score (nSPS) is 21.9. The number of ether oxygens (including phenoxy) is 3. The van der Waals surface area contributed by atoms with E-state index in [1.807, 2.05) is 11.8 Å². The van der Waals surface area contributed by atoms with Gasteiger partial charge in [0.05, 0.1) is 6.04 Å². The smallest absolute Gasteiger partial charge is 0.408 e. The molecule has 0 aromatic heterocycles. The van der Waals surface area contributed by atoms with Crippen molar-refractivity contribution in [1.29, 1.82) is 0 Å². The van der Waals surface area contributed by atoms with Crippen LogP contribution in [-0.4, -0.2) is 48.8 Å². The summed E-state index contributed by atoms with van der Waals surface area (Å²) in [6.45, 7) is 9.13. The quantitative estimate of drug-likeness (QED) is 0.796. The number of hydrogen-bond donors (Lipinski definition) is 1. The van der Waals surface area contributed by atoms with Gasteiger partial charge >= 0.3 is 6.09 Å². The van der Waals surface area contributed by atoms with Crippen LogP contribution in [0.2, 0.25) is 0 Å². The molecule has 0 saturated heterocycles. The van der Waals surface area contributed by atoms with E-state index in [9.17, 15) is 9.59 Å². The first kappa shape index (κ1) is 20.8. The molecular formula is C23H32N2O5. The molecule has 4 rings (SSSR count). The van der Waals surface area contributed by atoms with Crippen LogP contribution in [0.25, 0.3) is 0 Å². The maximum atomic E-state index is 13.1. The van der Waals surface area contributed by atoms with Crippen LogP contribution in [-0.2, 0) is 14.9 Å². The fourth-order valence-corrected chi connectivity index (χ4v) is 4.97. The van der Waals surface area contributed by atoms with Crippen molar-refractivity contribution in [1.82, 2.24) is 10.2 Å². The second-order valence-electron chi connectivity index (χ2n) is 9.62. The molecule has 164 valence electrons. The SMILES string of the molecule is C[C@@H]1c2cc3c(cc2C2(CCCC2)CN1C(=O)CNC(=O)OC(C)(C)C)OCCO3. The van der Waals surface area contributed by atoms with E-state index in [-0.39, 0.29) is 23.9 Å². The van der Waals surface area contributed by atoms with Crippen LogP contribution < -0.4 is 14.8 Å². The van der Waals surface area contributed by atoms with Crippen molar-refractivity contribution < 1.29 is 23.8 Å². The lowest BCUT2D eigenvalue weighted by Gasteiger charge is -2.46. The predicted octanol–water partition coefficient (Wildman–Crippen LogP) is 3.70. The summed E-state index contributed by atoms with van der Waals surface area (Å²) in [7, 11) is 0. The first-order valence-corrected chi connectivity index (χ1v) is 10.9. The first-order valence-electron chi connectivity index (χ1n) is 10.9. The van der Waals surface area contributed by atoms with Gasteiger partial charge in [0.25, 0.3) is 0 Å². The number of fused-ring (bicyclic) bond motifs is 3. The van der Waals surface area contributed by atoms with Gasteiger partial charge in [-0.1, -0.05) is 12.8 Å². The molecule has 0 bridgehead atoms. The van der Waals surface area contributed by atoms with Crippen LogP contribution in [0.1, 0.15) is 70.5 Å². The van der Waals surface area contributed by atoms with Gasteiger partial charge in [-0.3, -0.25) is 4.79 Å². The van der Waals surface area contributed by atoms with Crippen LogP contribution in [0.5, 0.6) is 11.5 Å². The van der Waals surface area contributed by atoms with Crippen molar-refractivity contribution >= 4 is 12.0 Å². The molecule has 1 aromatic carbocycles. The summed E-state index contributed by atoms with van der Waals surface area (Å²) in [5.74, 6) is 1.46. The summed E-state index contributed by atoms with van der Waals surface area (Å²) >= 11 is 0. The molecule has 2 aliphatic heterocycles. The predicted molar refractivity (Wildman–Crippen MR) is 112 cm³/mol. The summed E-state index contributed by atoms with van der Waals surface area (Å²) in [4.78, 5) is 27.0. The van der Waals surface area contributed by atoms with Crippen LogP contribution in [0.4, 0.5) is 4.79 Å². The Hall–Kier alpha value is -2.44. The van der Waals surface area contributed by atoms with Crippen molar-refractivity contribution in [3.05, 3.63) is 23.3 Å². The third kappa shape index (κ3) is 3.94. The summed E-state index contributed by atoms with van der Waals surface area (Å²) in [6.07, 6.45) is 3.84. The van der Waals surface area contributed by atoms with E-state index in [0.717, 1.165) is 42.7 Å². The lowest BCUT2D eigenvalue weighted by molar-refractivity contribution is -0.134. The second kappa shape index (κ2) is 7.67. The van der Waals surface area contributed by atoms with Gasteiger partial charge in [-0.15, -0.1) is 0 Å². The molecule has 1 saturated carbocycles. The number of rotatable bonds is 2. The van der Waals surface area contributed by atoms with Crippen molar-refractivity contribution in [3.8, 4) is 11.5 Å². The van der Waals surface area contributed by atoms with Gasteiger partial charge in [0.1, 0.15) is 25.4 Å². The number of alkyl carbamates (subject to hydrolysis) is 1. The minimum absolute atomic E-state index is 0.0563. The van der Waals surface area contributed by atoms with Gasteiger partial charge in [0.2, 0.25) is 5.91 Å². The molecule has 30 heavy (non-hydrogen) atoms. The maximum Gasteiger partial charge on any atom is 0.408 e. The largest absolute Gasteiger partial charge is 0.486 e. The standard InChI is InChI=1S/C23H32N2O5/c1-15-16-11-18-19(29-10-9-28-18)12-17(16)23(7-5-6-8-23)14-25(15)20(26)13-24-21(27)30-22(2,3)4/h11-12,15H,5-10,13-14H2,1-4H3,(H,24,27)/t15-/m1/s1. The third-order valence-corrected chi connectivity index (χ3v) is 6.34. The highest BCUT2D eigenvalue weighted by molar-refractivity contribution is 5.83. The molecule has 1 fully saturated rings. The van der Waals surface area contributed by atoms with Gasteiger partial charge in [-0.2, -0.15) is 0 Å². The van der Waals surface area contributed by atoms with Gasteiger partial charge in [0, 0.05) is 12.0 Å². The summed E-state index contributed by atoms with van der Waals surface area (Å²) in [5, 5.41) is 2.61. The van der Waals surface area contributed by atoms with E-state index in [2.05, 4.69) is 17.4 Å². The average Bonchev–Trinajstić information content (AvgIpc) is 3.16. The molecule has 0 unspecified atom stereocenters. The minimum Gasteiger partial charge on any atom is -0.486 e. The molecular weight excluding hydrogens is 384 g/mol. The van der Waals surface area contributed by atoms with E-state index < -0.39 is 11.7 Å². The summed E-state index contributed by atoms with van der Waals surface area (Å²) < 4.78 is 16.9. The molecule has 3 aliphatic rings. The molecule has 1 aromatic rings. The second-order valence-corrected chi connectivity index (χ2v) is 9.62. The van der Waals surface area contributed by atoms with Crippen molar-refractivity contribution in [2.24, 2.45) is 0 Å². The van der Waals surface area contributed by atoms with Gasteiger partial charge in [0.15, 0.2) is 11.5 Å². The molecule has 1 atom stereocenters. The van der Waals surface area contributed by atoms with Gasteiger partial charge < -0.3 is 24.4 Å². The van der Waals surface area contributed by atoms with Crippen molar-refractivity contribution in [2.45, 2.75) is 70.4 Å². The summed E-state index contributed by atoms with van der Waals surface area (Å²) in [5.41, 5.74) is 1.76. The number of hydrogen-bond acceptors (Lipinski definition) is 5. The van der Waals surface area contributed by atoms with Crippen LogP contribution in [0.15, 0.2) is 12.1 Å². The Morgan fingerprint density at radius 3 is 2.43 bits per heavy atom. The van der Waals surface area contributed by atoms with E-state index >= 15 is 0 Å². The Bertz CT molecular complexity index is 839.